The number of ether oxygens (including phenoxy) is 1. The van der Waals surface area contributed by atoms with Crippen molar-refractivity contribution in [3.63, 3.8) is 0 Å². The molecule has 0 aromatic carbocycles. The molecule has 1 nitrogen and oxygen atoms in total. The molecule has 0 spiro atoms. The SMILES string of the molecule is CCOC1=CC=C2CCCCC2C1. The van der Waals surface area contributed by atoms with E-state index in [2.05, 4.69) is 19.1 Å². The average Bonchev–Trinajstić information content (AvgIpc) is 2.18. The van der Waals surface area contributed by atoms with Gasteiger partial charge in [0.25, 0.3) is 0 Å². The Hall–Kier alpha value is -0.720. The van der Waals surface area contributed by atoms with Crippen molar-refractivity contribution in [3.8, 4) is 0 Å². The summed E-state index contributed by atoms with van der Waals surface area (Å²) in [6.45, 7) is 2.86. The van der Waals surface area contributed by atoms with Crippen molar-refractivity contribution in [2.45, 2.75) is 39.0 Å². The van der Waals surface area contributed by atoms with Gasteiger partial charge in [-0.05, 0) is 38.2 Å². The Balaban J connectivity index is 2.04. The standard InChI is InChI=1S/C12H18O/c1-2-13-12-8-7-10-5-3-4-6-11(10)9-12/h7-8,11H,2-6,9H2,1H3. The zero-order valence-electron chi connectivity index (χ0n) is 8.38. The molecule has 0 aromatic rings. The molecule has 1 fully saturated rings. The fourth-order valence-corrected chi connectivity index (χ4v) is 2.37. The number of rotatable bonds is 2. The third-order valence-corrected chi connectivity index (χ3v) is 3.05. The van der Waals surface area contributed by atoms with Crippen LogP contribution in [0, 0.1) is 5.92 Å². The highest BCUT2D eigenvalue weighted by Crippen LogP contribution is 2.36. The van der Waals surface area contributed by atoms with E-state index in [1.807, 2.05) is 0 Å². The first-order valence-corrected chi connectivity index (χ1v) is 5.42. The van der Waals surface area contributed by atoms with Gasteiger partial charge in [0.15, 0.2) is 0 Å². The van der Waals surface area contributed by atoms with E-state index >= 15 is 0 Å². The van der Waals surface area contributed by atoms with Crippen LogP contribution in [0.1, 0.15) is 39.0 Å². The van der Waals surface area contributed by atoms with Gasteiger partial charge < -0.3 is 4.74 Å². The van der Waals surface area contributed by atoms with Crippen molar-refractivity contribution < 1.29 is 4.74 Å². The van der Waals surface area contributed by atoms with Crippen LogP contribution in [0.4, 0.5) is 0 Å². The van der Waals surface area contributed by atoms with Crippen molar-refractivity contribution in [1.82, 2.24) is 0 Å². The molecule has 1 heteroatoms. The normalized spacial score (nSPS) is 27.3. The summed E-state index contributed by atoms with van der Waals surface area (Å²) in [6, 6.07) is 0. The molecular formula is C12H18O. The van der Waals surface area contributed by atoms with Crippen molar-refractivity contribution >= 4 is 0 Å². The lowest BCUT2D eigenvalue weighted by atomic mass is 9.79. The van der Waals surface area contributed by atoms with Crippen LogP contribution in [0.2, 0.25) is 0 Å². The van der Waals surface area contributed by atoms with Gasteiger partial charge in [-0.3, -0.25) is 0 Å². The van der Waals surface area contributed by atoms with Gasteiger partial charge in [0.1, 0.15) is 0 Å². The molecule has 0 amide bonds. The molecule has 2 aliphatic rings. The number of hydrogen-bond acceptors (Lipinski definition) is 1. The van der Waals surface area contributed by atoms with Gasteiger partial charge in [-0.2, -0.15) is 0 Å². The minimum atomic E-state index is 0.806. The summed E-state index contributed by atoms with van der Waals surface area (Å²) in [5.74, 6) is 2.00. The Labute approximate surface area is 80.5 Å². The Morgan fingerprint density at radius 3 is 3.15 bits per heavy atom. The predicted molar refractivity (Wildman–Crippen MR) is 54.4 cm³/mol. The first kappa shape index (κ1) is 8.86. The van der Waals surface area contributed by atoms with Crippen LogP contribution >= 0.6 is 0 Å². The number of fused-ring (bicyclic) bond motifs is 1. The van der Waals surface area contributed by atoms with Gasteiger partial charge in [0.05, 0.1) is 12.4 Å². The Kier molecular flexibility index (Phi) is 2.72. The monoisotopic (exact) mass is 178 g/mol. The summed E-state index contributed by atoms with van der Waals surface area (Å²) in [4.78, 5) is 0. The van der Waals surface area contributed by atoms with Crippen LogP contribution in [0.25, 0.3) is 0 Å². The van der Waals surface area contributed by atoms with Crippen molar-refractivity contribution in [3.05, 3.63) is 23.5 Å². The van der Waals surface area contributed by atoms with Crippen LogP contribution in [0.15, 0.2) is 23.5 Å². The molecule has 0 heterocycles. The molecule has 2 aliphatic carbocycles. The van der Waals surface area contributed by atoms with Gasteiger partial charge in [-0.15, -0.1) is 0 Å². The molecule has 72 valence electrons. The van der Waals surface area contributed by atoms with E-state index in [0.29, 0.717) is 0 Å². The summed E-state index contributed by atoms with van der Waals surface area (Å²) in [7, 11) is 0. The lowest BCUT2D eigenvalue weighted by molar-refractivity contribution is 0.203. The fraction of sp³-hybridized carbons (Fsp3) is 0.667. The molecule has 1 atom stereocenters. The molecule has 0 saturated heterocycles. The minimum absolute atomic E-state index is 0.806. The second-order valence-electron chi connectivity index (χ2n) is 3.95. The maximum atomic E-state index is 5.55. The highest BCUT2D eigenvalue weighted by molar-refractivity contribution is 5.25. The van der Waals surface area contributed by atoms with Gasteiger partial charge in [0, 0.05) is 6.42 Å². The molecule has 0 aliphatic heterocycles. The molecule has 1 unspecified atom stereocenters. The van der Waals surface area contributed by atoms with Crippen molar-refractivity contribution in [1.29, 1.82) is 0 Å². The third-order valence-electron chi connectivity index (χ3n) is 3.05. The fourth-order valence-electron chi connectivity index (χ4n) is 2.37. The summed E-state index contributed by atoms with van der Waals surface area (Å²) in [6.07, 6.45) is 11.1. The maximum Gasteiger partial charge on any atom is 0.0965 e. The van der Waals surface area contributed by atoms with E-state index in [0.717, 1.165) is 18.9 Å². The largest absolute Gasteiger partial charge is 0.498 e. The first-order chi connectivity index (χ1) is 6.40. The highest BCUT2D eigenvalue weighted by Gasteiger charge is 2.22. The molecule has 0 radical (unpaired) electrons. The Morgan fingerprint density at radius 1 is 1.38 bits per heavy atom. The van der Waals surface area contributed by atoms with E-state index in [9.17, 15) is 0 Å². The van der Waals surface area contributed by atoms with Crippen LogP contribution in [-0.2, 0) is 4.74 Å². The number of allylic oxidation sites excluding steroid dienone is 4. The summed E-state index contributed by atoms with van der Waals surface area (Å²) in [5.41, 5.74) is 1.66. The third kappa shape index (κ3) is 1.96. The molecule has 13 heavy (non-hydrogen) atoms. The molecule has 0 N–H and O–H groups in total. The zero-order valence-corrected chi connectivity index (χ0v) is 8.38. The first-order valence-electron chi connectivity index (χ1n) is 5.42. The molecule has 1 saturated carbocycles. The van der Waals surface area contributed by atoms with E-state index < -0.39 is 0 Å². The van der Waals surface area contributed by atoms with Gasteiger partial charge in [-0.1, -0.05) is 18.1 Å². The van der Waals surface area contributed by atoms with E-state index in [-0.39, 0.29) is 0 Å². The second-order valence-corrected chi connectivity index (χ2v) is 3.95. The van der Waals surface area contributed by atoms with E-state index in [1.165, 1.54) is 31.4 Å². The van der Waals surface area contributed by atoms with Crippen molar-refractivity contribution in [2.24, 2.45) is 5.92 Å². The minimum Gasteiger partial charge on any atom is -0.498 e. The van der Waals surface area contributed by atoms with E-state index in [1.54, 1.807) is 5.57 Å². The van der Waals surface area contributed by atoms with Crippen LogP contribution in [0.5, 0.6) is 0 Å². The van der Waals surface area contributed by atoms with Gasteiger partial charge in [0.2, 0.25) is 0 Å². The van der Waals surface area contributed by atoms with Crippen molar-refractivity contribution in [2.75, 3.05) is 6.61 Å². The summed E-state index contributed by atoms with van der Waals surface area (Å²) >= 11 is 0. The predicted octanol–water partition coefficient (Wildman–Crippen LogP) is 3.43. The molecular weight excluding hydrogens is 160 g/mol. The van der Waals surface area contributed by atoms with Gasteiger partial charge in [-0.25, -0.2) is 0 Å². The lowest BCUT2D eigenvalue weighted by Gasteiger charge is -2.28. The second kappa shape index (κ2) is 3.99. The highest BCUT2D eigenvalue weighted by atomic mass is 16.5. The van der Waals surface area contributed by atoms with Crippen LogP contribution < -0.4 is 0 Å². The quantitative estimate of drug-likeness (QED) is 0.629. The Bertz CT molecular complexity index is 238. The van der Waals surface area contributed by atoms with Crippen LogP contribution in [-0.4, -0.2) is 6.61 Å². The molecule has 0 bridgehead atoms. The summed E-state index contributed by atoms with van der Waals surface area (Å²) in [5, 5.41) is 0. The molecule has 0 aromatic heterocycles. The van der Waals surface area contributed by atoms with E-state index in [4.69, 9.17) is 4.74 Å². The summed E-state index contributed by atoms with van der Waals surface area (Å²) < 4.78 is 5.55. The zero-order chi connectivity index (χ0) is 9.10. The smallest absolute Gasteiger partial charge is 0.0965 e. The molecule has 2 rings (SSSR count). The maximum absolute atomic E-state index is 5.55. The topological polar surface area (TPSA) is 9.23 Å². The average molecular weight is 178 g/mol. The van der Waals surface area contributed by atoms with Gasteiger partial charge >= 0.3 is 0 Å². The number of hydrogen-bond donors (Lipinski definition) is 0. The van der Waals surface area contributed by atoms with Crippen LogP contribution in [0.3, 0.4) is 0 Å². The lowest BCUT2D eigenvalue weighted by Crippen LogP contribution is -2.14. The Morgan fingerprint density at radius 2 is 2.31 bits per heavy atom.